The van der Waals surface area contributed by atoms with E-state index in [1.54, 1.807) is 29.2 Å². The molecule has 1 aromatic carbocycles. The third kappa shape index (κ3) is 4.13. The number of nitrogens with zero attached hydrogens (tertiary/aromatic N) is 4. The lowest BCUT2D eigenvalue weighted by Gasteiger charge is -2.32. The molecule has 0 aliphatic carbocycles. The number of amides is 1. The number of carbonyl (C=O) groups is 1. The maximum atomic E-state index is 12.7. The van der Waals surface area contributed by atoms with E-state index in [0.717, 1.165) is 18.5 Å². The van der Waals surface area contributed by atoms with Gasteiger partial charge in [0.25, 0.3) is 5.91 Å². The third-order valence-electron chi connectivity index (χ3n) is 4.16. The lowest BCUT2D eigenvalue weighted by Crippen LogP contribution is -2.44. The smallest absolute Gasteiger partial charge is 0.253 e. The van der Waals surface area contributed by atoms with Crippen molar-refractivity contribution in [3.05, 3.63) is 53.0 Å². The molecule has 1 aromatic heterocycles. The Morgan fingerprint density at radius 3 is 2.72 bits per heavy atom. The summed E-state index contributed by atoms with van der Waals surface area (Å²) in [4.78, 5) is 23.0. The number of aryl methyl sites for hydroxylation is 2. The molecule has 25 heavy (non-hydrogen) atoms. The van der Waals surface area contributed by atoms with E-state index in [0.29, 0.717) is 35.9 Å². The SMILES string of the molecule is Cc1cc(O[C@H]2CCCN(C(=O)c3ccc(C#N)cc3)C2)nc(C)n1. The van der Waals surface area contributed by atoms with Gasteiger partial charge in [-0.1, -0.05) is 0 Å². The molecule has 1 aliphatic heterocycles. The van der Waals surface area contributed by atoms with Crippen LogP contribution in [0.5, 0.6) is 5.88 Å². The Labute approximate surface area is 147 Å². The van der Waals surface area contributed by atoms with Gasteiger partial charge in [-0.3, -0.25) is 4.79 Å². The van der Waals surface area contributed by atoms with E-state index in [9.17, 15) is 4.79 Å². The highest BCUT2D eigenvalue weighted by Gasteiger charge is 2.26. The summed E-state index contributed by atoms with van der Waals surface area (Å²) in [5.74, 6) is 1.20. The number of hydrogen-bond acceptors (Lipinski definition) is 5. The summed E-state index contributed by atoms with van der Waals surface area (Å²) in [5, 5.41) is 8.86. The van der Waals surface area contributed by atoms with Crippen LogP contribution < -0.4 is 4.74 Å². The molecule has 1 amide bonds. The van der Waals surface area contributed by atoms with Gasteiger partial charge in [0.05, 0.1) is 18.2 Å². The lowest BCUT2D eigenvalue weighted by molar-refractivity contribution is 0.0527. The minimum atomic E-state index is -0.0789. The first-order valence-electron chi connectivity index (χ1n) is 8.33. The first kappa shape index (κ1) is 16.9. The second-order valence-corrected chi connectivity index (χ2v) is 6.22. The topological polar surface area (TPSA) is 79.1 Å². The van der Waals surface area contributed by atoms with Crippen molar-refractivity contribution in [3.63, 3.8) is 0 Å². The van der Waals surface area contributed by atoms with Crippen molar-refractivity contribution in [1.82, 2.24) is 14.9 Å². The van der Waals surface area contributed by atoms with Crippen LogP contribution in [0.4, 0.5) is 0 Å². The molecular formula is C19H20N4O2. The number of nitriles is 1. The highest BCUT2D eigenvalue weighted by molar-refractivity contribution is 5.94. The van der Waals surface area contributed by atoms with Gasteiger partial charge in [-0.15, -0.1) is 0 Å². The molecule has 0 N–H and O–H groups in total. The molecule has 2 heterocycles. The van der Waals surface area contributed by atoms with Gasteiger partial charge in [0, 0.05) is 23.9 Å². The minimum absolute atomic E-state index is 0.0344. The first-order valence-corrected chi connectivity index (χ1v) is 8.33. The first-order chi connectivity index (χ1) is 12.0. The Hall–Kier alpha value is -2.94. The van der Waals surface area contributed by atoms with Crippen LogP contribution in [-0.2, 0) is 0 Å². The van der Waals surface area contributed by atoms with Crippen LogP contribution in [0.2, 0.25) is 0 Å². The van der Waals surface area contributed by atoms with Crippen molar-refractivity contribution in [2.75, 3.05) is 13.1 Å². The van der Waals surface area contributed by atoms with E-state index in [1.807, 2.05) is 19.9 Å². The lowest BCUT2D eigenvalue weighted by atomic mass is 10.1. The second kappa shape index (κ2) is 7.31. The van der Waals surface area contributed by atoms with E-state index in [1.165, 1.54) is 0 Å². The summed E-state index contributed by atoms with van der Waals surface area (Å²) in [5.41, 5.74) is 2.00. The quantitative estimate of drug-likeness (QED) is 0.861. The molecule has 1 saturated heterocycles. The van der Waals surface area contributed by atoms with E-state index in [4.69, 9.17) is 10.00 Å². The summed E-state index contributed by atoms with van der Waals surface area (Å²) in [7, 11) is 0. The van der Waals surface area contributed by atoms with Gasteiger partial charge >= 0.3 is 0 Å². The van der Waals surface area contributed by atoms with Crippen molar-refractivity contribution in [3.8, 4) is 11.9 Å². The van der Waals surface area contributed by atoms with Crippen LogP contribution in [0, 0.1) is 25.2 Å². The summed E-state index contributed by atoms with van der Waals surface area (Å²) in [6.07, 6.45) is 1.69. The highest BCUT2D eigenvalue weighted by atomic mass is 16.5. The predicted octanol–water partition coefficient (Wildman–Crippen LogP) is 2.65. The third-order valence-corrected chi connectivity index (χ3v) is 4.16. The van der Waals surface area contributed by atoms with Gasteiger partial charge in [0.2, 0.25) is 5.88 Å². The molecule has 1 aliphatic rings. The van der Waals surface area contributed by atoms with Crippen molar-refractivity contribution in [2.45, 2.75) is 32.8 Å². The molecule has 0 saturated carbocycles. The molecule has 1 atom stereocenters. The number of likely N-dealkylation sites (tertiary alicyclic amines) is 1. The molecule has 1 fully saturated rings. The number of piperidine rings is 1. The van der Waals surface area contributed by atoms with Crippen LogP contribution in [0.25, 0.3) is 0 Å². The van der Waals surface area contributed by atoms with E-state index in [-0.39, 0.29) is 12.0 Å². The fourth-order valence-corrected chi connectivity index (χ4v) is 3.00. The van der Waals surface area contributed by atoms with Crippen molar-refractivity contribution in [1.29, 1.82) is 5.26 Å². The maximum Gasteiger partial charge on any atom is 0.253 e. The summed E-state index contributed by atoms with van der Waals surface area (Å²) >= 11 is 0. The largest absolute Gasteiger partial charge is 0.472 e. The minimum Gasteiger partial charge on any atom is -0.472 e. The van der Waals surface area contributed by atoms with Gasteiger partial charge in [-0.05, 0) is 51.0 Å². The Kier molecular flexibility index (Phi) is 4.94. The summed E-state index contributed by atoms with van der Waals surface area (Å²) in [6, 6.07) is 10.6. The Morgan fingerprint density at radius 2 is 2.04 bits per heavy atom. The average molecular weight is 336 g/mol. The normalized spacial score (nSPS) is 17.0. The summed E-state index contributed by atoms with van der Waals surface area (Å²) in [6.45, 7) is 4.98. The fraction of sp³-hybridized carbons (Fsp3) is 0.368. The number of hydrogen-bond donors (Lipinski definition) is 0. The molecule has 6 nitrogen and oxygen atoms in total. The Balaban J connectivity index is 1.67. The van der Waals surface area contributed by atoms with Gasteiger partial charge in [0.15, 0.2) is 0 Å². The van der Waals surface area contributed by atoms with Crippen molar-refractivity contribution < 1.29 is 9.53 Å². The molecule has 6 heteroatoms. The predicted molar refractivity (Wildman–Crippen MR) is 92.2 cm³/mol. The van der Waals surface area contributed by atoms with Gasteiger partial charge in [-0.2, -0.15) is 10.2 Å². The summed E-state index contributed by atoms with van der Waals surface area (Å²) < 4.78 is 5.98. The average Bonchev–Trinajstić information content (AvgIpc) is 2.60. The molecular weight excluding hydrogens is 316 g/mol. The Bertz CT molecular complexity index is 791. The molecule has 0 radical (unpaired) electrons. The van der Waals surface area contributed by atoms with Crippen LogP contribution >= 0.6 is 0 Å². The number of aromatic nitrogens is 2. The maximum absolute atomic E-state index is 12.7. The number of ether oxygens (including phenoxy) is 1. The molecule has 2 aromatic rings. The van der Waals surface area contributed by atoms with E-state index < -0.39 is 0 Å². The van der Waals surface area contributed by atoms with Crippen molar-refractivity contribution in [2.24, 2.45) is 0 Å². The molecule has 0 spiro atoms. The second-order valence-electron chi connectivity index (χ2n) is 6.22. The van der Waals surface area contributed by atoms with E-state index >= 15 is 0 Å². The molecule has 128 valence electrons. The van der Waals surface area contributed by atoms with Crippen LogP contribution in [0.15, 0.2) is 30.3 Å². The zero-order valence-electron chi connectivity index (χ0n) is 14.4. The van der Waals surface area contributed by atoms with Gasteiger partial charge < -0.3 is 9.64 Å². The zero-order chi connectivity index (χ0) is 17.8. The number of rotatable bonds is 3. The van der Waals surface area contributed by atoms with Gasteiger partial charge in [-0.25, -0.2) is 4.98 Å². The molecule has 3 rings (SSSR count). The molecule has 0 unspecified atom stereocenters. The van der Waals surface area contributed by atoms with Crippen LogP contribution in [0.3, 0.4) is 0 Å². The number of benzene rings is 1. The van der Waals surface area contributed by atoms with Crippen LogP contribution in [0.1, 0.15) is 40.3 Å². The molecule has 0 bridgehead atoms. The van der Waals surface area contributed by atoms with Crippen LogP contribution in [-0.4, -0.2) is 40.0 Å². The fourth-order valence-electron chi connectivity index (χ4n) is 3.00. The Morgan fingerprint density at radius 1 is 1.28 bits per heavy atom. The van der Waals surface area contributed by atoms with Crippen molar-refractivity contribution >= 4 is 5.91 Å². The zero-order valence-corrected chi connectivity index (χ0v) is 14.4. The number of carbonyl (C=O) groups excluding carboxylic acids is 1. The monoisotopic (exact) mass is 336 g/mol. The van der Waals surface area contributed by atoms with Gasteiger partial charge in [0.1, 0.15) is 11.9 Å². The highest BCUT2D eigenvalue weighted by Crippen LogP contribution is 2.19. The standard InChI is InChI=1S/C19H20N4O2/c1-13-10-18(22-14(2)21-13)25-17-4-3-9-23(12-17)19(24)16-7-5-15(11-20)6-8-16/h5-8,10,17H,3-4,9,12H2,1-2H3/t17-/m0/s1. The van der Waals surface area contributed by atoms with E-state index in [2.05, 4.69) is 16.0 Å².